The Morgan fingerprint density at radius 2 is 1.96 bits per heavy atom. The van der Waals surface area contributed by atoms with E-state index in [0.29, 0.717) is 6.04 Å². The van der Waals surface area contributed by atoms with Crippen LogP contribution in [0.3, 0.4) is 0 Å². The molecule has 2 rings (SSSR count). The number of benzene rings is 1. The zero-order valence-electron chi connectivity index (χ0n) is 17.0. The number of hydrogen-bond donors (Lipinski definition) is 2. The fraction of sp³-hybridized carbons (Fsp3) is 0.619. The molecule has 27 heavy (non-hydrogen) atoms. The van der Waals surface area contributed by atoms with Crippen molar-refractivity contribution in [3.8, 4) is 0 Å². The highest BCUT2D eigenvalue weighted by Crippen LogP contribution is 2.23. The monoisotopic (exact) mass is 374 g/mol. The molecule has 1 aliphatic rings. The van der Waals surface area contributed by atoms with Crippen molar-refractivity contribution in [3.05, 3.63) is 35.9 Å². The fourth-order valence-electron chi connectivity index (χ4n) is 3.51. The Morgan fingerprint density at radius 3 is 2.56 bits per heavy atom. The molecule has 0 saturated carbocycles. The van der Waals surface area contributed by atoms with Gasteiger partial charge in [0.1, 0.15) is 0 Å². The molecule has 1 fully saturated rings. The maximum atomic E-state index is 12.5. The molecule has 0 radical (unpaired) electrons. The van der Waals surface area contributed by atoms with E-state index < -0.39 is 6.04 Å². The number of rotatable bonds is 7. The Hall–Kier alpha value is -1.92. The maximum Gasteiger partial charge on any atom is 0.241 e. The van der Waals surface area contributed by atoms with Crippen molar-refractivity contribution in [2.75, 3.05) is 20.1 Å². The van der Waals surface area contributed by atoms with Crippen LogP contribution < -0.4 is 11.1 Å². The molecule has 6 nitrogen and oxygen atoms in total. The van der Waals surface area contributed by atoms with Crippen LogP contribution in [0.25, 0.3) is 0 Å². The Bertz CT molecular complexity index is 620. The molecule has 1 heterocycles. The maximum absolute atomic E-state index is 12.5. The summed E-state index contributed by atoms with van der Waals surface area (Å²) in [5.74, 6) is -0.279. The van der Waals surface area contributed by atoms with Gasteiger partial charge in [0.05, 0.1) is 12.6 Å². The number of carbonyl (C=O) groups is 2. The molecule has 1 aromatic rings. The number of piperidine rings is 1. The molecule has 0 aliphatic carbocycles. The van der Waals surface area contributed by atoms with Crippen LogP contribution in [0.4, 0.5) is 0 Å². The van der Waals surface area contributed by atoms with E-state index in [2.05, 4.69) is 41.4 Å². The van der Waals surface area contributed by atoms with Crippen molar-refractivity contribution in [3.63, 3.8) is 0 Å². The summed E-state index contributed by atoms with van der Waals surface area (Å²) < 4.78 is 0. The van der Waals surface area contributed by atoms with Crippen LogP contribution in [0.15, 0.2) is 30.3 Å². The van der Waals surface area contributed by atoms with E-state index in [0.717, 1.165) is 25.9 Å². The Labute approximate surface area is 163 Å². The summed E-state index contributed by atoms with van der Waals surface area (Å²) in [5, 5.41) is 2.67. The number of hydrogen-bond acceptors (Lipinski definition) is 4. The van der Waals surface area contributed by atoms with Gasteiger partial charge in [-0.2, -0.15) is 0 Å². The quantitative estimate of drug-likeness (QED) is 0.760. The standard InChI is InChI=1S/C21H34N4O2/c1-15(2)20(22)21(27)23-13-19(26)24(4)18-10-11-25(16(3)12-18)14-17-8-6-5-7-9-17/h5-9,15-16,18,20H,10-14,22H2,1-4H3,(H,23,27)/t16?,18?,20-/m0/s1. The van der Waals surface area contributed by atoms with Gasteiger partial charge in [-0.05, 0) is 31.2 Å². The average molecular weight is 375 g/mol. The SMILES string of the molecule is CC(C)[C@H](N)C(=O)NCC(=O)N(C)C1CCN(Cc2ccccc2)C(C)C1. The minimum absolute atomic E-state index is 0.00830. The summed E-state index contributed by atoms with van der Waals surface area (Å²) in [4.78, 5) is 28.7. The third-order valence-electron chi connectivity index (χ3n) is 5.59. The number of nitrogens with two attached hydrogens (primary N) is 1. The molecule has 6 heteroatoms. The minimum Gasteiger partial charge on any atom is -0.346 e. The van der Waals surface area contributed by atoms with E-state index in [1.807, 2.05) is 27.0 Å². The molecule has 0 spiro atoms. The second-order valence-corrected chi connectivity index (χ2v) is 7.98. The van der Waals surface area contributed by atoms with Crippen LogP contribution >= 0.6 is 0 Å². The van der Waals surface area contributed by atoms with Crippen molar-refractivity contribution in [2.45, 2.75) is 58.3 Å². The van der Waals surface area contributed by atoms with Gasteiger partial charge in [-0.3, -0.25) is 14.5 Å². The van der Waals surface area contributed by atoms with Gasteiger partial charge in [-0.15, -0.1) is 0 Å². The van der Waals surface area contributed by atoms with E-state index >= 15 is 0 Å². The molecular formula is C21H34N4O2. The fourth-order valence-corrected chi connectivity index (χ4v) is 3.51. The minimum atomic E-state index is -0.579. The van der Waals surface area contributed by atoms with E-state index in [1.165, 1.54) is 5.56 Å². The lowest BCUT2D eigenvalue weighted by Gasteiger charge is -2.41. The second-order valence-electron chi connectivity index (χ2n) is 7.98. The normalized spacial score (nSPS) is 21.7. The van der Waals surface area contributed by atoms with Crippen molar-refractivity contribution in [1.29, 1.82) is 0 Å². The molecule has 2 amide bonds. The first-order chi connectivity index (χ1) is 12.8. The first-order valence-electron chi connectivity index (χ1n) is 9.86. The summed E-state index contributed by atoms with van der Waals surface area (Å²) in [6, 6.07) is 10.5. The number of amides is 2. The molecule has 0 bridgehead atoms. The molecule has 1 saturated heterocycles. The van der Waals surface area contributed by atoms with Crippen molar-refractivity contribution >= 4 is 11.8 Å². The van der Waals surface area contributed by atoms with Crippen molar-refractivity contribution in [1.82, 2.24) is 15.1 Å². The summed E-state index contributed by atoms with van der Waals surface area (Å²) in [6.45, 7) is 7.91. The third kappa shape index (κ3) is 6.04. The predicted molar refractivity (Wildman–Crippen MR) is 108 cm³/mol. The van der Waals surface area contributed by atoms with Crippen LogP contribution in [0.5, 0.6) is 0 Å². The van der Waals surface area contributed by atoms with Gasteiger partial charge in [0.25, 0.3) is 0 Å². The van der Waals surface area contributed by atoms with E-state index in [-0.39, 0.29) is 30.3 Å². The van der Waals surface area contributed by atoms with Crippen LogP contribution in [-0.2, 0) is 16.1 Å². The average Bonchev–Trinajstić information content (AvgIpc) is 2.66. The molecule has 3 atom stereocenters. The largest absolute Gasteiger partial charge is 0.346 e. The molecular weight excluding hydrogens is 340 g/mol. The molecule has 2 unspecified atom stereocenters. The second kappa shape index (κ2) is 9.85. The van der Waals surface area contributed by atoms with E-state index in [1.54, 1.807) is 4.90 Å². The Balaban J connectivity index is 1.81. The van der Waals surface area contributed by atoms with Gasteiger partial charge in [-0.25, -0.2) is 0 Å². The lowest BCUT2D eigenvalue weighted by Crippen LogP contribution is -2.52. The third-order valence-corrected chi connectivity index (χ3v) is 5.59. The van der Waals surface area contributed by atoms with Crippen LogP contribution in [-0.4, -0.2) is 59.9 Å². The topological polar surface area (TPSA) is 78.7 Å². The van der Waals surface area contributed by atoms with Crippen molar-refractivity contribution < 1.29 is 9.59 Å². The summed E-state index contributed by atoms with van der Waals surface area (Å²) in [6.07, 6.45) is 1.88. The molecule has 1 aliphatic heterocycles. The van der Waals surface area contributed by atoms with Gasteiger partial charge >= 0.3 is 0 Å². The zero-order chi connectivity index (χ0) is 20.0. The molecule has 0 aromatic heterocycles. The summed E-state index contributed by atoms with van der Waals surface area (Å²) in [7, 11) is 1.83. The Morgan fingerprint density at radius 1 is 1.30 bits per heavy atom. The Kier molecular flexibility index (Phi) is 7.80. The van der Waals surface area contributed by atoms with Gasteiger partial charge in [0.15, 0.2) is 0 Å². The van der Waals surface area contributed by atoms with Crippen LogP contribution in [0.1, 0.15) is 39.2 Å². The van der Waals surface area contributed by atoms with Crippen LogP contribution in [0, 0.1) is 5.92 Å². The van der Waals surface area contributed by atoms with E-state index in [9.17, 15) is 9.59 Å². The van der Waals surface area contributed by atoms with Gasteiger partial charge in [0.2, 0.25) is 11.8 Å². The highest BCUT2D eigenvalue weighted by molar-refractivity contribution is 5.87. The highest BCUT2D eigenvalue weighted by Gasteiger charge is 2.30. The van der Waals surface area contributed by atoms with Gasteiger partial charge in [0, 0.05) is 32.2 Å². The van der Waals surface area contributed by atoms with Gasteiger partial charge in [-0.1, -0.05) is 44.2 Å². The lowest BCUT2D eigenvalue weighted by atomic mass is 9.96. The molecule has 150 valence electrons. The lowest BCUT2D eigenvalue weighted by molar-refractivity contribution is -0.135. The summed E-state index contributed by atoms with van der Waals surface area (Å²) >= 11 is 0. The number of nitrogens with one attached hydrogen (secondary N) is 1. The van der Waals surface area contributed by atoms with Gasteiger partial charge < -0.3 is 16.0 Å². The number of likely N-dealkylation sites (N-methyl/N-ethyl adjacent to an activating group) is 1. The first kappa shape index (κ1) is 21.4. The van der Waals surface area contributed by atoms with Crippen molar-refractivity contribution in [2.24, 2.45) is 11.7 Å². The molecule has 1 aromatic carbocycles. The summed E-state index contributed by atoms with van der Waals surface area (Å²) in [5.41, 5.74) is 7.14. The number of nitrogens with zero attached hydrogens (tertiary/aromatic N) is 2. The van der Waals surface area contributed by atoms with Crippen LogP contribution in [0.2, 0.25) is 0 Å². The predicted octanol–water partition coefficient (Wildman–Crippen LogP) is 1.60. The smallest absolute Gasteiger partial charge is 0.241 e. The number of carbonyl (C=O) groups excluding carboxylic acids is 2. The highest BCUT2D eigenvalue weighted by atomic mass is 16.2. The first-order valence-corrected chi connectivity index (χ1v) is 9.86. The van der Waals surface area contributed by atoms with E-state index in [4.69, 9.17) is 5.73 Å². The molecule has 3 N–H and O–H groups in total. The zero-order valence-corrected chi connectivity index (χ0v) is 17.0. The number of likely N-dealkylation sites (tertiary alicyclic amines) is 1.